The number of amides is 1. The molecule has 0 heterocycles. The van der Waals surface area contributed by atoms with Crippen LogP contribution in [0.1, 0.15) is 30.9 Å². The molecule has 3 heteroatoms. The summed E-state index contributed by atoms with van der Waals surface area (Å²) in [6, 6.07) is 8.09. The van der Waals surface area contributed by atoms with Crippen LogP contribution in [0.3, 0.4) is 0 Å². The van der Waals surface area contributed by atoms with Crippen LogP contribution in [0, 0.1) is 6.92 Å². The predicted octanol–water partition coefficient (Wildman–Crippen LogP) is 1.81. The third-order valence-corrected chi connectivity index (χ3v) is 2.84. The van der Waals surface area contributed by atoms with E-state index in [2.05, 4.69) is 17.4 Å². The summed E-state index contributed by atoms with van der Waals surface area (Å²) in [6.07, 6.45) is 1.97. The number of aryl methyl sites for hydroxylation is 2. The van der Waals surface area contributed by atoms with Crippen LogP contribution < -0.4 is 5.32 Å². The highest BCUT2D eigenvalue weighted by Crippen LogP contribution is 2.05. The molecule has 0 aromatic heterocycles. The van der Waals surface area contributed by atoms with Gasteiger partial charge in [0.15, 0.2) is 0 Å². The van der Waals surface area contributed by atoms with Crippen LogP contribution in [-0.2, 0) is 11.2 Å². The van der Waals surface area contributed by atoms with E-state index in [1.807, 2.05) is 26.0 Å². The number of carbonyl (C=O) groups is 1. The SMILES string of the molecule is CC[C@H](CO)NC(=O)CCc1ccc(C)cc1. The largest absolute Gasteiger partial charge is 0.394 e. The summed E-state index contributed by atoms with van der Waals surface area (Å²) in [5.74, 6) is 0.00600. The fraction of sp³-hybridized carbons (Fsp3) is 0.500. The van der Waals surface area contributed by atoms with Crippen LogP contribution in [0.15, 0.2) is 24.3 Å². The second-order valence-corrected chi connectivity index (χ2v) is 4.34. The number of nitrogens with one attached hydrogen (secondary N) is 1. The van der Waals surface area contributed by atoms with Crippen molar-refractivity contribution in [3.8, 4) is 0 Å². The highest BCUT2D eigenvalue weighted by atomic mass is 16.3. The molecule has 17 heavy (non-hydrogen) atoms. The molecule has 0 aliphatic heterocycles. The summed E-state index contributed by atoms with van der Waals surface area (Å²) in [5, 5.41) is 11.8. The van der Waals surface area contributed by atoms with Gasteiger partial charge in [-0.15, -0.1) is 0 Å². The molecule has 1 aromatic rings. The standard InChI is InChI=1S/C14H21NO2/c1-3-13(10-16)15-14(17)9-8-12-6-4-11(2)5-7-12/h4-7,13,16H,3,8-10H2,1-2H3,(H,15,17)/t13-/m1/s1. The lowest BCUT2D eigenvalue weighted by atomic mass is 10.1. The monoisotopic (exact) mass is 235 g/mol. The second kappa shape index (κ2) is 7.07. The Morgan fingerprint density at radius 3 is 2.53 bits per heavy atom. The molecule has 0 radical (unpaired) electrons. The average molecular weight is 235 g/mol. The van der Waals surface area contributed by atoms with Gasteiger partial charge in [-0.1, -0.05) is 36.8 Å². The number of benzene rings is 1. The van der Waals surface area contributed by atoms with Crippen molar-refractivity contribution in [1.82, 2.24) is 5.32 Å². The van der Waals surface area contributed by atoms with Gasteiger partial charge in [0.25, 0.3) is 0 Å². The molecular weight excluding hydrogens is 214 g/mol. The Morgan fingerprint density at radius 1 is 1.35 bits per heavy atom. The Hall–Kier alpha value is -1.35. The van der Waals surface area contributed by atoms with Crippen molar-refractivity contribution in [2.45, 2.75) is 39.2 Å². The van der Waals surface area contributed by atoms with E-state index in [9.17, 15) is 4.79 Å². The predicted molar refractivity (Wildman–Crippen MR) is 68.8 cm³/mol. The Morgan fingerprint density at radius 2 is 2.00 bits per heavy atom. The van der Waals surface area contributed by atoms with E-state index in [0.717, 1.165) is 12.8 Å². The number of rotatable bonds is 6. The van der Waals surface area contributed by atoms with E-state index in [-0.39, 0.29) is 18.6 Å². The molecule has 1 amide bonds. The van der Waals surface area contributed by atoms with Crippen molar-refractivity contribution < 1.29 is 9.90 Å². The van der Waals surface area contributed by atoms with Gasteiger partial charge in [0.05, 0.1) is 12.6 Å². The van der Waals surface area contributed by atoms with Gasteiger partial charge in [-0.3, -0.25) is 4.79 Å². The lowest BCUT2D eigenvalue weighted by Crippen LogP contribution is -2.36. The summed E-state index contributed by atoms with van der Waals surface area (Å²) in [7, 11) is 0. The molecule has 94 valence electrons. The first-order valence-electron chi connectivity index (χ1n) is 6.11. The zero-order valence-corrected chi connectivity index (χ0v) is 10.6. The van der Waals surface area contributed by atoms with Crippen molar-refractivity contribution in [3.05, 3.63) is 35.4 Å². The molecule has 2 N–H and O–H groups in total. The molecule has 0 bridgehead atoms. The van der Waals surface area contributed by atoms with E-state index < -0.39 is 0 Å². The van der Waals surface area contributed by atoms with E-state index in [1.54, 1.807) is 0 Å². The minimum Gasteiger partial charge on any atom is -0.394 e. The van der Waals surface area contributed by atoms with Gasteiger partial charge < -0.3 is 10.4 Å². The lowest BCUT2D eigenvalue weighted by Gasteiger charge is -2.13. The second-order valence-electron chi connectivity index (χ2n) is 4.34. The smallest absolute Gasteiger partial charge is 0.220 e. The summed E-state index contributed by atoms with van der Waals surface area (Å²) in [4.78, 5) is 11.6. The van der Waals surface area contributed by atoms with Crippen LogP contribution in [0.4, 0.5) is 0 Å². The van der Waals surface area contributed by atoms with Gasteiger partial charge in [0, 0.05) is 6.42 Å². The van der Waals surface area contributed by atoms with Gasteiger partial charge in [-0.2, -0.15) is 0 Å². The average Bonchev–Trinajstić information content (AvgIpc) is 2.35. The zero-order chi connectivity index (χ0) is 12.7. The van der Waals surface area contributed by atoms with Crippen LogP contribution in [0.5, 0.6) is 0 Å². The van der Waals surface area contributed by atoms with Gasteiger partial charge >= 0.3 is 0 Å². The zero-order valence-electron chi connectivity index (χ0n) is 10.6. The number of aliphatic hydroxyl groups excluding tert-OH is 1. The maximum Gasteiger partial charge on any atom is 0.220 e. The Labute approximate surface area is 103 Å². The van der Waals surface area contributed by atoms with Crippen LogP contribution in [0.25, 0.3) is 0 Å². The first kappa shape index (κ1) is 13.7. The van der Waals surface area contributed by atoms with E-state index in [0.29, 0.717) is 6.42 Å². The molecule has 0 aliphatic carbocycles. The normalized spacial score (nSPS) is 12.2. The van der Waals surface area contributed by atoms with Crippen LogP contribution in [0.2, 0.25) is 0 Å². The molecule has 0 saturated carbocycles. The molecule has 0 spiro atoms. The number of carbonyl (C=O) groups excluding carboxylic acids is 1. The Kier molecular flexibility index (Phi) is 5.70. The highest BCUT2D eigenvalue weighted by molar-refractivity contribution is 5.76. The van der Waals surface area contributed by atoms with E-state index in [1.165, 1.54) is 11.1 Å². The quantitative estimate of drug-likeness (QED) is 0.790. The summed E-state index contributed by atoms with van der Waals surface area (Å²) in [6.45, 7) is 4.00. The third kappa shape index (κ3) is 5.00. The third-order valence-electron chi connectivity index (χ3n) is 2.84. The van der Waals surface area contributed by atoms with Crippen molar-refractivity contribution in [1.29, 1.82) is 0 Å². The van der Waals surface area contributed by atoms with Gasteiger partial charge in [-0.25, -0.2) is 0 Å². The molecule has 1 atom stereocenters. The molecule has 0 fully saturated rings. The van der Waals surface area contributed by atoms with Crippen molar-refractivity contribution >= 4 is 5.91 Å². The Balaban J connectivity index is 2.35. The fourth-order valence-corrected chi connectivity index (χ4v) is 1.59. The van der Waals surface area contributed by atoms with Crippen LogP contribution >= 0.6 is 0 Å². The molecule has 3 nitrogen and oxygen atoms in total. The first-order valence-corrected chi connectivity index (χ1v) is 6.11. The molecule has 0 saturated heterocycles. The molecular formula is C14H21NO2. The van der Waals surface area contributed by atoms with Gasteiger partial charge in [0.2, 0.25) is 5.91 Å². The maximum atomic E-state index is 11.6. The van der Waals surface area contributed by atoms with Crippen molar-refractivity contribution in [2.24, 2.45) is 0 Å². The molecule has 1 aromatic carbocycles. The maximum absolute atomic E-state index is 11.6. The molecule has 1 rings (SSSR count). The Bertz CT molecular complexity index is 342. The minimum absolute atomic E-state index is 0.00600. The molecule has 0 aliphatic rings. The van der Waals surface area contributed by atoms with E-state index >= 15 is 0 Å². The summed E-state index contributed by atoms with van der Waals surface area (Å²) >= 11 is 0. The number of aliphatic hydroxyl groups is 1. The first-order chi connectivity index (χ1) is 8.15. The highest BCUT2D eigenvalue weighted by Gasteiger charge is 2.08. The summed E-state index contributed by atoms with van der Waals surface area (Å²) < 4.78 is 0. The van der Waals surface area contributed by atoms with Gasteiger partial charge in [-0.05, 0) is 25.3 Å². The minimum atomic E-state index is -0.111. The fourth-order valence-electron chi connectivity index (χ4n) is 1.59. The summed E-state index contributed by atoms with van der Waals surface area (Å²) in [5.41, 5.74) is 2.40. The van der Waals surface area contributed by atoms with Crippen molar-refractivity contribution in [3.63, 3.8) is 0 Å². The van der Waals surface area contributed by atoms with E-state index in [4.69, 9.17) is 5.11 Å². The van der Waals surface area contributed by atoms with Crippen molar-refractivity contribution in [2.75, 3.05) is 6.61 Å². The number of hydrogen-bond acceptors (Lipinski definition) is 2. The number of hydrogen-bond donors (Lipinski definition) is 2. The topological polar surface area (TPSA) is 49.3 Å². The lowest BCUT2D eigenvalue weighted by molar-refractivity contribution is -0.122. The van der Waals surface area contributed by atoms with Crippen LogP contribution in [-0.4, -0.2) is 23.7 Å². The molecule has 0 unspecified atom stereocenters. The van der Waals surface area contributed by atoms with Gasteiger partial charge in [0.1, 0.15) is 0 Å².